The molecule has 26 heteroatoms. The summed E-state index contributed by atoms with van der Waals surface area (Å²) in [6, 6.07) is 20.7. The first-order chi connectivity index (χ1) is 33.5. The van der Waals surface area contributed by atoms with Gasteiger partial charge < -0.3 is 28.4 Å². The first-order valence-electron chi connectivity index (χ1n) is 20.1. The van der Waals surface area contributed by atoms with Gasteiger partial charge in [0.15, 0.2) is 23.5 Å². The van der Waals surface area contributed by atoms with Gasteiger partial charge >= 0.3 is 22.7 Å². The summed E-state index contributed by atoms with van der Waals surface area (Å²) in [6.45, 7) is 2.42. The summed E-state index contributed by atoms with van der Waals surface area (Å²) in [7, 11) is 0. The average molecular weight is 989 g/mol. The predicted octanol–water partition coefficient (Wildman–Crippen LogP) is 10.7. The van der Waals surface area contributed by atoms with Crippen molar-refractivity contribution in [2.75, 3.05) is 23.8 Å². The van der Waals surface area contributed by atoms with Crippen LogP contribution in [0.25, 0.3) is 20.4 Å². The van der Waals surface area contributed by atoms with E-state index < -0.39 is 90.5 Å². The lowest BCUT2D eigenvalue weighted by molar-refractivity contribution is -0.395. The van der Waals surface area contributed by atoms with Crippen molar-refractivity contribution in [3.8, 4) is 57.5 Å². The standard InChI is InChI=1S/C44H28N8O16S2/c1-21-5-3-7-37-41(21)47-43(69-37)45-39(53)19-63-23-9-25-13-26(10-23)66-34-18-36(32(52(61)62)16-30(34)50(57)58)68-28-12-24(64-20-40(54)46-44-48-42-22(2)6-4-8-38(42)70-44)11-27(14-28)67-35-17-33(65-25)29(49(55)56)15-31(35)51(59)60/h3-18H,19-20H2,1-2H3,(H,45,47,53)(H,46,48,54). The minimum absolute atomic E-state index is 0.197. The van der Waals surface area contributed by atoms with Gasteiger partial charge in [0.1, 0.15) is 46.6 Å². The van der Waals surface area contributed by atoms with Crippen molar-refractivity contribution < 1.29 is 57.7 Å². The highest BCUT2D eigenvalue weighted by atomic mass is 32.1. The largest absolute Gasteiger partial charge is 0.483 e. The topological polar surface area (TPSA) is 312 Å². The van der Waals surface area contributed by atoms with Crippen molar-refractivity contribution in [1.82, 2.24) is 9.97 Å². The quantitative estimate of drug-likeness (QED) is 0.0848. The molecule has 0 aliphatic carbocycles. The van der Waals surface area contributed by atoms with Gasteiger partial charge in [0.05, 0.1) is 40.1 Å². The maximum atomic E-state index is 13.1. The lowest BCUT2D eigenvalue weighted by Gasteiger charge is -2.16. The van der Waals surface area contributed by atoms with Crippen LogP contribution < -0.4 is 39.1 Å². The Kier molecular flexibility index (Phi) is 12.1. The molecule has 8 aromatic rings. The minimum atomic E-state index is -0.960. The van der Waals surface area contributed by atoms with Crippen LogP contribution in [0.1, 0.15) is 11.1 Å². The molecule has 0 saturated heterocycles. The zero-order valence-electron chi connectivity index (χ0n) is 35.7. The Morgan fingerprint density at radius 3 is 1.14 bits per heavy atom. The Morgan fingerprint density at radius 1 is 0.514 bits per heavy atom. The fourth-order valence-electron chi connectivity index (χ4n) is 6.86. The molecule has 0 unspecified atom stereocenters. The van der Waals surface area contributed by atoms with Crippen LogP contribution in [0.4, 0.5) is 33.0 Å². The Balaban J connectivity index is 1.10. The summed E-state index contributed by atoms with van der Waals surface area (Å²) in [5.74, 6) is -5.56. The van der Waals surface area contributed by atoms with Crippen LogP contribution in [0, 0.1) is 54.3 Å². The highest BCUT2D eigenvalue weighted by Gasteiger charge is 2.31. The van der Waals surface area contributed by atoms with E-state index in [-0.39, 0.29) is 44.8 Å². The molecule has 9 rings (SSSR count). The summed E-state index contributed by atoms with van der Waals surface area (Å²) in [6.07, 6.45) is 0. The van der Waals surface area contributed by atoms with E-state index >= 15 is 0 Å². The molecule has 352 valence electrons. The molecule has 2 N–H and O–H groups in total. The van der Waals surface area contributed by atoms with Gasteiger partial charge in [0.25, 0.3) is 11.8 Å². The van der Waals surface area contributed by atoms with Crippen LogP contribution in [-0.4, -0.2) is 54.7 Å². The van der Waals surface area contributed by atoms with Crippen LogP contribution in [0.5, 0.6) is 57.5 Å². The van der Waals surface area contributed by atoms with Crippen molar-refractivity contribution >= 4 is 87.9 Å². The number of carbonyl (C=O) groups excluding carboxylic acids is 2. The number of fused-ring (bicyclic) bond motifs is 10. The number of nitrogens with one attached hydrogen (secondary N) is 2. The fourth-order valence-corrected chi connectivity index (χ4v) is 8.78. The van der Waals surface area contributed by atoms with Crippen LogP contribution in [0.15, 0.2) is 97.1 Å². The first kappa shape index (κ1) is 45.6. The highest BCUT2D eigenvalue weighted by molar-refractivity contribution is 7.22. The molecule has 0 radical (unpaired) electrons. The molecule has 6 aromatic carbocycles. The van der Waals surface area contributed by atoms with Gasteiger partial charge in [-0.15, -0.1) is 0 Å². The number of hydrogen-bond acceptors (Lipinski definition) is 20. The van der Waals surface area contributed by atoms with Crippen molar-refractivity contribution in [3.63, 3.8) is 0 Å². The van der Waals surface area contributed by atoms with E-state index in [1.54, 1.807) is 0 Å². The van der Waals surface area contributed by atoms with Crippen molar-refractivity contribution in [1.29, 1.82) is 0 Å². The van der Waals surface area contributed by atoms with E-state index in [4.69, 9.17) is 28.4 Å². The van der Waals surface area contributed by atoms with E-state index in [2.05, 4.69) is 20.6 Å². The van der Waals surface area contributed by atoms with E-state index in [0.29, 0.717) is 23.2 Å². The molecular formula is C44H28N8O16S2. The maximum Gasteiger partial charge on any atom is 0.318 e. The molecule has 70 heavy (non-hydrogen) atoms. The second kappa shape index (κ2) is 18.6. The normalized spacial score (nSPS) is 11.6. The second-order valence-corrected chi connectivity index (χ2v) is 16.9. The summed E-state index contributed by atoms with van der Waals surface area (Å²) in [4.78, 5) is 80.8. The Morgan fingerprint density at radius 2 is 0.843 bits per heavy atom. The Labute approximate surface area is 398 Å². The summed E-state index contributed by atoms with van der Waals surface area (Å²) < 4.78 is 36.9. The number of amides is 2. The zero-order chi connectivity index (χ0) is 49.4. The molecule has 8 bridgehead atoms. The minimum Gasteiger partial charge on any atom is -0.483 e. The molecule has 1 aliphatic heterocycles. The molecule has 24 nitrogen and oxygen atoms in total. The molecule has 0 saturated carbocycles. The predicted molar refractivity (Wildman–Crippen MR) is 250 cm³/mol. The Bertz CT molecular complexity index is 3180. The number of thiazole rings is 2. The molecular weight excluding hydrogens is 961 g/mol. The first-order valence-corrected chi connectivity index (χ1v) is 21.7. The number of rotatable bonds is 12. The second-order valence-electron chi connectivity index (χ2n) is 14.8. The van der Waals surface area contributed by atoms with Crippen LogP contribution in [0.3, 0.4) is 0 Å². The molecule has 0 spiro atoms. The number of anilines is 2. The third-order valence-corrected chi connectivity index (χ3v) is 11.8. The molecule has 0 fully saturated rings. The number of hydrogen-bond donors (Lipinski definition) is 2. The number of para-hydroxylation sites is 2. The van der Waals surface area contributed by atoms with Gasteiger partial charge in [-0.3, -0.25) is 60.7 Å². The number of nitro groups is 4. The summed E-state index contributed by atoms with van der Waals surface area (Å²) >= 11 is 2.43. The number of aromatic nitrogens is 2. The van der Waals surface area contributed by atoms with Gasteiger partial charge in [-0.2, -0.15) is 0 Å². The Hall–Kier alpha value is -9.56. The number of nitrogens with zero attached hydrogens (tertiary/aromatic N) is 6. The van der Waals surface area contributed by atoms with Gasteiger partial charge in [-0.1, -0.05) is 46.9 Å². The molecule has 2 aromatic heterocycles. The maximum absolute atomic E-state index is 13.1. The van der Waals surface area contributed by atoms with E-state index in [0.717, 1.165) is 69.1 Å². The van der Waals surface area contributed by atoms with Crippen molar-refractivity contribution in [3.05, 3.63) is 149 Å². The van der Waals surface area contributed by atoms with Crippen molar-refractivity contribution in [2.45, 2.75) is 13.8 Å². The smallest absolute Gasteiger partial charge is 0.318 e. The van der Waals surface area contributed by atoms with E-state index in [1.165, 1.54) is 22.7 Å². The molecule has 2 amide bonds. The SMILES string of the molecule is Cc1cccc2sc(NC(=O)COc3cc4cc(c3)Oc3cc(c([N+](=O)[O-])cc3[N+](=O)[O-])Oc3cc(OCC(=O)Nc5nc6c(C)cccc6s5)cc(c3)Oc3cc(c([N+](=O)[O-])cc3[N+](=O)[O-])O4)nc12. The van der Waals surface area contributed by atoms with Gasteiger partial charge in [-0.25, -0.2) is 9.97 Å². The summed E-state index contributed by atoms with van der Waals surface area (Å²) in [5, 5.41) is 55.4. The third-order valence-electron chi connectivity index (χ3n) is 9.96. The van der Waals surface area contributed by atoms with Crippen LogP contribution in [-0.2, 0) is 9.59 Å². The van der Waals surface area contributed by atoms with E-state index in [1.807, 2.05) is 50.2 Å². The fraction of sp³-hybridized carbons (Fsp3) is 0.0909. The van der Waals surface area contributed by atoms with Crippen LogP contribution >= 0.6 is 22.7 Å². The number of carbonyl (C=O) groups is 2. The number of nitro benzene ring substituents is 4. The van der Waals surface area contributed by atoms with Gasteiger partial charge in [-0.05, 0) is 37.1 Å². The van der Waals surface area contributed by atoms with Crippen LogP contribution in [0.2, 0.25) is 0 Å². The third kappa shape index (κ3) is 9.78. The molecule has 0 atom stereocenters. The number of aryl methyl sites for hydroxylation is 2. The van der Waals surface area contributed by atoms with Gasteiger partial charge in [0.2, 0.25) is 23.0 Å². The van der Waals surface area contributed by atoms with Gasteiger partial charge in [0, 0.05) is 48.5 Å². The number of ether oxygens (including phenoxy) is 6. The molecule has 1 aliphatic rings. The summed E-state index contributed by atoms with van der Waals surface area (Å²) in [5.41, 5.74) is -0.510. The molecule has 3 heterocycles. The highest BCUT2D eigenvalue weighted by Crippen LogP contribution is 2.48. The van der Waals surface area contributed by atoms with E-state index in [9.17, 15) is 50.0 Å². The number of benzene rings is 6. The van der Waals surface area contributed by atoms with Crippen molar-refractivity contribution in [2.24, 2.45) is 0 Å². The lowest BCUT2D eigenvalue weighted by atomic mass is 10.2. The zero-order valence-corrected chi connectivity index (χ0v) is 37.3. The lowest BCUT2D eigenvalue weighted by Crippen LogP contribution is -2.20. The average Bonchev–Trinajstić information content (AvgIpc) is 3.92. The monoisotopic (exact) mass is 988 g/mol.